The van der Waals surface area contributed by atoms with Crippen LogP contribution in [0.2, 0.25) is 0 Å². The van der Waals surface area contributed by atoms with Crippen molar-refractivity contribution >= 4 is 10.9 Å². The molecule has 0 aliphatic heterocycles. The molecular formula is C17H17N3O. The summed E-state index contributed by atoms with van der Waals surface area (Å²) in [6.07, 6.45) is 4.23. The van der Waals surface area contributed by atoms with Crippen LogP contribution in [0.15, 0.2) is 54.9 Å². The average Bonchev–Trinajstić information content (AvgIpc) is 2.49. The van der Waals surface area contributed by atoms with E-state index < -0.39 is 0 Å². The van der Waals surface area contributed by atoms with Crippen LogP contribution in [0.5, 0.6) is 11.6 Å². The first kappa shape index (κ1) is 13.5. The topological polar surface area (TPSA) is 61.0 Å². The molecule has 0 spiro atoms. The minimum Gasteiger partial charge on any atom is -0.438 e. The number of pyridine rings is 2. The Hall–Kier alpha value is -2.46. The lowest BCUT2D eigenvalue weighted by atomic mass is 10.1. The molecule has 3 aromatic rings. The summed E-state index contributed by atoms with van der Waals surface area (Å²) in [6, 6.07) is 13.7. The largest absolute Gasteiger partial charge is 0.438 e. The van der Waals surface area contributed by atoms with Crippen molar-refractivity contribution in [3.63, 3.8) is 0 Å². The molecule has 0 radical (unpaired) electrons. The van der Waals surface area contributed by atoms with E-state index in [1.54, 1.807) is 12.4 Å². The van der Waals surface area contributed by atoms with Gasteiger partial charge in [0.15, 0.2) is 0 Å². The van der Waals surface area contributed by atoms with Gasteiger partial charge in [-0.3, -0.25) is 4.98 Å². The fourth-order valence-electron chi connectivity index (χ4n) is 2.29. The van der Waals surface area contributed by atoms with Gasteiger partial charge in [0.25, 0.3) is 0 Å². The molecule has 4 heteroatoms. The highest BCUT2D eigenvalue weighted by Crippen LogP contribution is 2.29. The van der Waals surface area contributed by atoms with Crippen molar-refractivity contribution in [1.82, 2.24) is 9.97 Å². The van der Waals surface area contributed by atoms with Gasteiger partial charge in [0.2, 0.25) is 5.88 Å². The van der Waals surface area contributed by atoms with Gasteiger partial charge in [-0.05, 0) is 43.7 Å². The second-order valence-electron chi connectivity index (χ2n) is 5.08. The molecular weight excluding hydrogens is 262 g/mol. The molecule has 21 heavy (non-hydrogen) atoms. The van der Waals surface area contributed by atoms with Crippen molar-refractivity contribution in [3.8, 4) is 11.6 Å². The van der Waals surface area contributed by atoms with Gasteiger partial charge in [-0.1, -0.05) is 12.1 Å². The number of benzene rings is 1. The van der Waals surface area contributed by atoms with Crippen molar-refractivity contribution in [2.24, 2.45) is 5.73 Å². The highest BCUT2D eigenvalue weighted by atomic mass is 16.5. The van der Waals surface area contributed by atoms with E-state index in [-0.39, 0.29) is 6.04 Å². The zero-order chi connectivity index (χ0) is 14.7. The Morgan fingerprint density at radius 2 is 1.86 bits per heavy atom. The summed E-state index contributed by atoms with van der Waals surface area (Å²) in [4.78, 5) is 8.67. The van der Waals surface area contributed by atoms with Crippen LogP contribution in [0.3, 0.4) is 0 Å². The summed E-state index contributed by atoms with van der Waals surface area (Å²) < 4.78 is 6.02. The molecule has 0 aliphatic rings. The number of nitrogens with zero attached hydrogens (tertiary/aromatic N) is 2. The van der Waals surface area contributed by atoms with E-state index in [2.05, 4.69) is 9.97 Å². The highest BCUT2D eigenvalue weighted by molar-refractivity contribution is 5.85. The molecule has 2 aromatic heterocycles. The van der Waals surface area contributed by atoms with Gasteiger partial charge in [0.1, 0.15) is 5.75 Å². The van der Waals surface area contributed by atoms with E-state index in [0.717, 1.165) is 28.6 Å². The van der Waals surface area contributed by atoms with Crippen molar-refractivity contribution in [1.29, 1.82) is 0 Å². The third-order valence-electron chi connectivity index (χ3n) is 3.20. The zero-order valence-electron chi connectivity index (χ0n) is 11.9. The second kappa shape index (κ2) is 5.89. The van der Waals surface area contributed by atoms with E-state index in [4.69, 9.17) is 10.5 Å². The summed E-state index contributed by atoms with van der Waals surface area (Å²) in [5.74, 6) is 1.36. The van der Waals surface area contributed by atoms with E-state index in [0.29, 0.717) is 5.88 Å². The first-order chi connectivity index (χ1) is 10.2. The lowest BCUT2D eigenvalue weighted by Gasteiger charge is -2.12. The minimum absolute atomic E-state index is 0.0609. The lowest BCUT2D eigenvalue weighted by molar-refractivity contribution is 0.459. The third-order valence-corrected chi connectivity index (χ3v) is 3.20. The van der Waals surface area contributed by atoms with Crippen LogP contribution in [-0.2, 0) is 6.42 Å². The van der Waals surface area contributed by atoms with Crippen molar-refractivity contribution in [2.75, 3.05) is 0 Å². The quantitative estimate of drug-likeness (QED) is 0.796. The van der Waals surface area contributed by atoms with E-state index in [1.165, 1.54) is 0 Å². The Labute approximate surface area is 123 Å². The predicted octanol–water partition coefficient (Wildman–Crippen LogP) is 3.31. The normalized spacial score (nSPS) is 12.3. The van der Waals surface area contributed by atoms with E-state index >= 15 is 0 Å². The van der Waals surface area contributed by atoms with Crippen molar-refractivity contribution in [2.45, 2.75) is 19.4 Å². The molecule has 0 aliphatic carbocycles. The van der Waals surface area contributed by atoms with Crippen LogP contribution in [-0.4, -0.2) is 16.0 Å². The summed E-state index contributed by atoms with van der Waals surface area (Å²) >= 11 is 0. The van der Waals surface area contributed by atoms with Crippen LogP contribution in [0.4, 0.5) is 0 Å². The third kappa shape index (κ3) is 3.01. The highest BCUT2D eigenvalue weighted by Gasteiger charge is 2.10. The summed E-state index contributed by atoms with van der Waals surface area (Å²) in [6.45, 7) is 1.97. The molecule has 3 rings (SSSR count). The molecule has 2 N–H and O–H groups in total. The number of rotatable bonds is 4. The van der Waals surface area contributed by atoms with Gasteiger partial charge in [0.05, 0.1) is 5.52 Å². The van der Waals surface area contributed by atoms with Crippen LogP contribution >= 0.6 is 0 Å². The first-order valence-electron chi connectivity index (χ1n) is 6.95. The number of hydrogen-bond acceptors (Lipinski definition) is 4. The van der Waals surface area contributed by atoms with Gasteiger partial charge < -0.3 is 10.5 Å². The fraction of sp³-hybridized carbons (Fsp3) is 0.176. The zero-order valence-corrected chi connectivity index (χ0v) is 11.9. The molecule has 1 unspecified atom stereocenters. The molecule has 0 amide bonds. The minimum atomic E-state index is 0.0609. The SMILES string of the molecule is CC(N)Cc1cccnc1Oc1cccc2ncccc12. The van der Waals surface area contributed by atoms with Gasteiger partial charge >= 0.3 is 0 Å². The molecule has 1 atom stereocenters. The molecule has 0 saturated carbocycles. The average molecular weight is 279 g/mol. The van der Waals surface area contributed by atoms with Gasteiger partial charge in [-0.25, -0.2) is 4.98 Å². The van der Waals surface area contributed by atoms with E-state index in [9.17, 15) is 0 Å². The predicted molar refractivity (Wildman–Crippen MR) is 83.4 cm³/mol. The van der Waals surface area contributed by atoms with Crippen LogP contribution in [0, 0.1) is 0 Å². The summed E-state index contributed by atoms with van der Waals surface area (Å²) in [5.41, 5.74) is 7.79. The van der Waals surface area contributed by atoms with Gasteiger partial charge in [-0.2, -0.15) is 0 Å². The van der Waals surface area contributed by atoms with Gasteiger partial charge in [0, 0.05) is 29.4 Å². The molecule has 4 nitrogen and oxygen atoms in total. The molecule has 0 saturated heterocycles. The van der Waals surface area contributed by atoms with Crippen LogP contribution < -0.4 is 10.5 Å². The maximum absolute atomic E-state index is 6.02. The van der Waals surface area contributed by atoms with Gasteiger partial charge in [-0.15, -0.1) is 0 Å². The molecule has 0 fully saturated rings. The van der Waals surface area contributed by atoms with Crippen LogP contribution in [0.25, 0.3) is 10.9 Å². The second-order valence-corrected chi connectivity index (χ2v) is 5.08. The Balaban J connectivity index is 1.99. The number of ether oxygens (including phenoxy) is 1. The number of aromatic nitrogens is 2. The molecule has 0 bridgehead atoms. The molecule has 1 aromatic carbocycles. The first-order valence-corrected chi connectivity index (χ1v) is 6.95. The Kier molecular flexibility index (Phi) is 3.79. The smallest absolute Gasteiger partial charge is 0.222 e. The lowest BCUT2D eigenvalue weighted by Crippen LogP contribution is -2.18. The van der Waals surface area contributed by atoms with Crippen molar-refractivity contribution < 1.29 is 4.74 Å². The molecule has 2 heterocycles. The number of fused-ring (bicyclic) bond motifs is 1. The maximum atomic E-state index is 6.02. The Bertz CT molecular complexity index is 750. The maximum Gasteiger partial charge on any atom is 0.222 e. The summed E-state index contributed by atoms with van der Waals surface area (Å²) in [7, 11) is 0. The van der Waals surface area contributed by atoms with Crippen molar-refractivity contribution in [3.05, 3.63) is 60.4 Å². The van der Waals surface area contributed by atoms with E-state index in [1.807, 2.05) is 49.4 Å². The Morgan fingerprint density at radius 1 is 1.05 bits per heavy atom. The standard InChI is InChI=1S/C17H17N3O/c1-12(18)11-13-5-3-10-20-17(13)21-16-8-2-7-15-14(16)6-4-9-19-15/h2-10,12H,11,18H2,1H3. The summed E-state index contributed by atoms with van der Waals surface area (Å²) in [5, 5.41) is 0.970. The number of hydrogen-bond donors (Lipinski definition) is 1. The fourth-order valence-corrected chi connectivity index (χ4v) is 2.29. The van der Waals surface area contributed by atoms with Crippen LogP contribution in [0.1, 0.15) is 12.5 Å². The molecule has 106 valence electrons. The number of nitrogens with two attached hydrogens (primary N) is 1. The monoisotopic (exact) mass is 279 g/mol. The Morgan fingerprint density at radius 3 is 2.71 bits per heavy atom.